The van der Waals surface area contributed by atoms with E-state index in [0.717, 1.165) is 12.1 Å². The molecular weight excluding hydrogens is 162 g/mol. The summed E-state index contributed by atoms with van der Waals surface area (Å²) in [5, 5.41) is 3.39. The quantitative estimate of drug-likeness (QED) is 0.708. The van der Waals surface area contributed by atoms with Gasteiger partial charge in [0.2, 0.25) is 0 Å². The highest BCUT2D eigenvalue weighted by Crippen LogP contribution is 2.21. The minimum absolute atomic E-state index is 0.243. The molecule has 1 atom stereocenters. The molecule has 0 aromatic rings. The third kappa shape index (κ3) is 2.87. The maximum atomic E-state index is 11.0. The van der Waals surface area contributed by atoms with Crippen molar-refractivity contribution < 1.29 is 4.79 Å². The van der Waals surface area contributed by atoms with Gasteiger partial charge in [-0.2, -0.15) is 0 Å². The Labute approximate surface area is 80.4 Å². The van der Waals surface area contributed by atoms with Crippen molar-refractivity contribution in [2.75, 3.05) is 0 Å². The summed E-state index contributed by atoms with van der Waals surface area (Å²) >= 11 is 0. The number of ketones is 1. The Morgan fingerprint density at radius 1 is 1.38 bits per heavy atom. The highest BCUT2D eigenvalue weighted by molar-refractivity contribution is 5.92. The van der Waals surface area contributed by atoms with Gasteiger partial charge in [0.1, 0.15) is 0 Å². The molecule has 0 heterocycles. The van der Waals surface area contributed by atoms with E-state index in [1.807, 2.05) is 0 Å². The zero-order valence-electron chi connectivity index (χ0n) is 8.98. The minimum atomic E-state index is 0.243. The summed E-state index contributed by atoms with van der Waals surface area (Å²) in [5.74, 6) is 0.253. The van der Waals surface area contributed by atoms with Crippen molar-refractivity contribution in [1.29, 1.82) is 0 Å². The molecule has 1 rings (SSSR count). The molecule has 1 aliphatic rings. The van der Waals surface area contributed by atoms with Gasteiger partial charge in [0, 0.05) is 24.2 Å². The Hall–Kier alpha value is -0.790. The molecule has 0 fully saturated rings. The van der Waals surface area contributed by atoms with E-state index in [4.69, 9.17) is 0 Å². The predicted octanol–water partition coefficient (Wildman–Crippen LogP) is 2.26. The first-order valence-electron chi connectivity index (χ1n) is 4.89. The van der Waals surface area contributed by atoms with Crippen molar-refractivity contribution in [3.05, 3.63) is 11.8 Å². The Morgan fingerprint density at radius 2 is 2.00 bits per heavy atom. The van der Waals surface area contributed by atoms with E-state index in [9.17, 15) is 4.79 Å². The fourth-order valence-electron chi connectivity index (χ4n) is 1.20. The van der Waals surface area contributed by atoms with Crippen LogP contribution in [0.2, 0.25) is 0 Å². The van der Waals surface area contributed by atoms with Gasteiger partial charge in [0.05, 0.1) is 0 Å². The summed E-state index contributed by atoms with van der Waals surface area (Å²) in [6.07, 6.45) is 3.31. The van der Waals surface area contributed by atoms with Gasteiger partial charge in [-0.25, -0.2) is 0 Å². The molecule has 1 aliphatic carbocycles. The maximum Gasteiger partial charge on any atom is 0.157 e. The van der Waals surface area contributed by atoms with Crippen LogP contribution in [0.1, 0.15) is 40.5 Å². The highest BCUT2D eigenvalue weighted by atomic mass is 16.1. The summed E-state index contributed by atoms with van der Waals surface area (Å²) in [4.78, 5) is 11.0. The first-order chi connectivity index (χ1) is 5.89. The van der Waals surface area contributed by atoms with Gasteiger partial charge >= 0.3 is 0 Å². The van der Waals surface area contributed by atoms with Crippen LogP contribution in [0, 0.1) is 5.41 Å². The summed E-state index contributed by atoms with van der Waals surface area (Å²) in [7, 11) is 0. The number of allylic oxidation sites excluding steroid dienone is 2. The van der Waals surface area contributed by atoms with E-state index in [1.165, 1.54) is 0 Å². The van der Waals surface area contributed by atoms with Crippen molar-refractivity contribution in [2.24, 2.45) is 5.41 Å². The van der Waals surface area contributed by atoms with E-state index < -0.39 is 0 Å². The lowest BCUT2D eigenvalue weighted by Gasteiger charge is -2.29. The zero-order valence-corrected chi connectivity index (χ0v) is 8.98. The fourth-order valence-corrected chi connectivity index (χ4v) is 1.20. The monoisotopic (exact) mass is 181 g/mol. The van der Waals surface area contributed by atoms with E-state index in [2.05, 4.69) is 33.0 Å². The van der Waals surface area contributed by atoms with Gasteiger partial charge in [0.15, 0.2) is 5.78 Å². The second kappa shape index (κ2) is 3.52. The molecule has 1 N–H and O–H groups in total. The predicted molar refractivity (Wildman–Crippen MR) is 54.4 cm³/mol. The van der Waals surface area contributed by atoms with Crippen LogP contribution in [0.15, 0.2) is 11.8 Å². The normalized spacial score (nSPS) is 20.0. The molecule has 13 heavy (non-hydrogen) atoms. The molecule has 0 aliphatic heterocycles. The summed E-state index contributed by atoms with van der Waals surface area (Å²) in [6, 6.07) is 0.407. The van der Waals surface area contributed by atoms with Crippen LogP contribution in [-0.2, 0) is 4.79 Å². The van der Waals surface area contributed by atoms with Crippen LogP contribution < -0.4 is 5.32 Å². The number of hydrogen-bond acceptors (Lipinski definition) is 2. The zero-order chi connectivity index (χ0) is 10.1. The molecule has 0 amide bonds. The van der Waals surface area contributed by atoms with E-state index >= 15 is 0 Å². The Morgan fingerprint density at radius 3 is 2.38 bits per heavy atom. The average molecular weight is 181 g/mol. The molecule has 0 spiro atoms. The maximum absolute atomic E-state index is 11.0. The average Bonchev–Trinajstić information content (AvgIpc) is 2.33. The molecule has 0 aromatic carbocycles. The second-order valence-corrected chi connectivity index (χ2v) is 4.87. The Kier molecular flexibility index (Phi) is 2.79. The topological polar surface area (TPSA) is 29.1 Å². The standard InChI is InChI=1S/C11H19NO/c1-8(11(2,3)4)12-9-5-6-10(13)7-9/h7-8,12H,5-6H2,1-4H3. The van der Waals surface area contributed by atoms with Crippen LogP contribution >= 0.6 is 0 Å². The van der Waals surface area contributed by atoms with Crippen molar-refractivity contribution >= 4 is 5.78 Å². The number of carbonyl (C=O) groups excluding carboxylic acids is 1. The van der Waals surface area contributed by atoms with Crippen molar-refractivity contribution in [3.63, 3.8) is 0 Å². The molecule has 2 heteroatoms. The van der Waals surface area contributed by atoms with Gasteiger partial charge in [-0.05, 0) is 18.8 Å². The molecule has 2 nitrogen and oxygen atoms in total. The van der Waals surface area contributed by atoms with Gasteiger partial charge in [0.25, 0.3) is 0 Å². The first kappa shape index (κ1) is 10.3. The Bertz CT molecular complexity index is 235. The molecule has 0 aromatic heterocycles. The van der Waals surface area contributed by atoms with Crippen LogP contribution in [0.4, 0.5) is 0 Å². The number of nitrogens with one attached hydrogen (secondary N) is 1. The van der Waals surface area contributed by atoms with Crippen molar-refractivity contribution in [2.45, 2.75) is 46.6 Å². The van der Waals surface area contributed by atoms with Crippen LogP contribution in [0.5, 0.6) is 0 Å². The van der Waals surface area contributed by atoms with E-state index in [-0.39, 0.29) is 11.2 Å². The second-order valence-electron chi connectivity index (χ2n) is 4.87. The molecule has 0 saturated heterocycles. The van der Waals surface area contributed by atoms with Gasteiger partial charge in [-0.3, -0.25) is 4.79 Å². The first-order valence-corrected chi connectivity index (χ1v) is 4.89. The van der Waals surface area contributed by atoms with Gasteiger partial charge in [-0.15, -0.1) is 0 Å². The third-order valence-corrected chi connectivity index (χ3v) is 2.68. The van der Waals surface area contributed by atoms with E-state index in [0.29, 0.717) is 12.5 Å². The molecule has 1 unspecified atom stereocenters. The number of rotatable bonds is 2. The van der Waals surface area contributed by atoms with Crippen LogP contribution in [0.3, 0.4) is 0 Å². The van der Waals surface area contributed by atoms with Crippen LogP contribution in [0.25, 0.3) is 0 Å². The third-order valence-electron chi connectivity index (χ3n) is 2.68. The summed E-state index contributed by atoms with van der Waals surface area (Å²) in [6.45, 7) is 8.75. The van der Waals surface area contributed by atoms with Crippen LogP contribution in [-0.4, -0.2) is 11.8 Å². The number of hydrogen-bond donors (Lipinski definition) is 1. The SMILES string of the molecule is CC(NC1=CC(=O)CC1)C(C)(C)C. The minimum Gasteiger partial charge on any atom is -0.385 e. The highest BCUT2D eigenvalue weighted by Gasteiger charge is 2.22. The largest absolute Gasteiger partial charge is 0.385 e. The molecular formula is C11H19NO. The Balaban J connectivity index is 2.50. The molecule has 0 saturated carbocycles. The summed E-state index contributed by atoms with van der Waals surface area (Å²) in [5.41, 5.74) is 1.35. The van der Waals surface area contributed by atoms with Crippen molar-refractivity contribution in [1.82, 2.24) is 5.32 Å². The van der Waals surface area contributed by atoms with Gasteiger partial charge in [-0.1, -0.05) is 20.8 Å². The molecule has 0 bridgehead atoms. The lowest BCUT2D eigenvalue weighted by molar-refractivity contribution is -0.114. The molecule has 0 radical (unpaired) electrons. The lowest BCUT2D eigenvalue weighted by atomic mass is 9.88. The van der Waals surface area contributed by atoms with Crippen molar-refractivity contribution in [3.8, 4) is 0 Å². The fraction of sp³-hybridized carbons (Fsp3) is 0.727. The van der Waals surface area contributed by atoms with Gasteiger partial charge < -0.3 is 5.32 Å². The molecule has 74 valence electrons. The number of carbonyl (C=O) groups is 1. The lowest BCUT2D eigenvalue weighted by Crippen LogP contribution is -2.36. The summed E-state index contributed by atoms with van der Waals surface area (Å²) < 4.78 is 0. The van der Waals surface area contributed by atoms with E-state index in [1.54, 1.807) is 6.08 Å². The smallest absolute Gasteiger partial charge is 0.157 e.